The molecular formula is C22H20Cl2N2O3S. The predicted octanol–water partition coefficient (Wildman–Crippen LogP) is 5.44. The molecule has 8 heteroatoms. The Kier molecular flexibility index (Phi) is 6.71. The highest BCUT2D eigenvalue weighted by Gasteiger charge is 2.29. The highest BCUT2D eigenvalue weighted by atomic mass is 35.5. The van der Waals surface area contributed by atoms with Crippen molar-refractivity contribution in [1.82, 2.24) is 0 Å². The van der Waals surface area contributed by atoms with E-state index >= 15 is 0 Å². The molecule has 156 valence electrons. The third-order valence-electron chi connectivity index (χ3n) is 4.68. The molecule has 0 spiro atoms. The Morgan fingerprint density at radius 3 is 2.33 bits per heavy atom. The summed E-state index contributed by atoms with van der Waals surface area (Å²) in [6.45, 7) is 3.37. The molecule has 0 atom stereocenters. The van der Waals surface area contributed by atoms with E-state index in [4.69, 9.17) is 23.2 Å². The molecule has 5 nitrogen and oxygen atoms in total. The Morgan fingerprint density at radius 2 is 1.67 bits per heavy atom. The Bertz CT molecular complexity index is 1180. The minimum absolute atomic E-state index is 0.0514. The number of amides is 1. The molecule has 0 bridgehead atoms. The van der Waals surface area contributed by atoms with Crippen molar-refractivity contribution < 1.29 is 13.2 Å². The molecule has 0 aromatic heterocycles. The van der Waals surface area contributed by atoms with E-state index in [-0.39, 0.29) is 15.6 Å². The molecule has 0 radical (unpaired) electrons. The molecule has 0 saturated heterocycles. The number of aryl methyl sites for hydroxylation is 1. The van der Waals surface area contributed by atoms with Gasteiger partial charge in [-0.15, -0.1) is 0 Å². The van der Waals surface area contributed by atoms with Crippen LogP contribution in [0.5, 0.6) is 0 Å². The molecule has 30 heavy (non-hydrogen) atoms. The van der Waals surface area contributed by atoms with Crippen LogP contribution in [0.15, 0.2) is 71.6 Å². The normalized spacial score (nSPS) is 11.2. The Morgan fingerprint density at radius 1 is 0.967 bits per heavy atom. The molecule has 0 heterocycles. The molecule has 0 aliphatic carbocycles. The van der Waals surface area contributed by atoms with Crippen molar-refractivity contribution in [2.45, 2.75) is 18.7 Å². The van der Waals surface area contributed by atoms with Crippen LogP contribution in [-0.4, -0.2) is 20.9 Å². The molecule has 1 N–H and O–H groups in total. The summed E-state index contributed by atoms with van der Waals surface area (Å²) in [5, 5.41) is 3.28. The average Bonchev–Trinajstić information content (AvgIpc) is 2.71. The number of nitrogens with zero attached hydrogens (tertiary/aromatic N) is 1. The first-order chi connectivity index (χ1) is 14.2. The summed E-state index contributed by atoms with van der Waals surface area (Å²) in [4.78, 5) is 12.9. The van der Waals surface area contributed by atoms with Crippen LogP contribution in [0.4, 0.5) is 11.4 Å². The van der Waals surface area contributed by atoms with Gasteiger partial charge < -0.3 is 5.32 Å². The second-order valence-corrected chi connectivity index (χ2v) is 9.42. The van der Waals surface area contributed by atoms with Crippen molar-refractivity contribution in [2.24, 2.45) is 0 Å². The van der Waals surface area contributed by atoms with E-state index in [0.717, 1.165) is 15.4 Å². The van der Waals surface area contributed by atoms with E-state index in [1.54, 1.807) is 24.3 Å². The number of hydrogen-bond acceptors (Lipinski definition) is 3. The third-order valence-corrected chi connectivity index (χ3v) is 6.99. The van der Waals surface area contributed by atoms with Gasteiger partial charge in [-0.1, -0.05) is 53.5 Å². The number of nitrogens with one attached hydrogen (secondary N) is 1. The monoisotopic (exact) mass is 462 g/mol. The maximum absolute atomic E-state index is 13.3. The lowest BCUT2D eigenvalue weighted by Crippen LogP contribution is -2.38. The van der Waals surface area contributed by atoms with Gasteiger partial charge in [-0.2, -0.15) is 0 Å². The van der Waals surface area contributed by atoms with Gasteiger partial charge >= 0.3 is 0 Å². The number of sulfonamides is 1. The molecule has 0 fully saturated rings. The lowest BCUT2D eigenvalue weighted by Gasteiger charge is -2.25. The number of anilines is 2. The number of carbonyl (C=O) groups is 1. The SMILES string of the molecule is Cc1cccc(NC(=O)CN(c2ccc(Cl)cc2Cl)S(=O)(=O)c2ccccc2)c1C. The molecule has 0 aliphatic heterocycles. The highest BCUT2D eigenvalue weighted by Crippen LogP contribution is 2.32. The predicted molar refractivity (Wildman–Crippen MR) is 122 cm³/mol. The minimum Gasteiger partial charge on any atom is -0.324 e. The number of benzene rings is 3. The maximum Gasteiger partial charge on any atom is 0.264 e. The van der Waals surface area contributed by atoms with Gasteiger partial charge in [-0.25, -0.2) is 8.42 Å². The zero-order valence-electron chi connectivity index (χ0n) is 16.4. The smallest absolute Gasteiger partial charge is 0.264 e. The summed E-state index contributed by atoms with van der Waals surface area (Å²) in [7, 11) is -4.05. The van der Waals surface area contributed by atoms with E-state index in [0.29, 0.717) is 10.7 Å². The summed E-state index contributed by atoms with van der Waals surface area (Å²) in [5.74, 6) is -0.491. The fourth-order valence-corrected chi connectivity index (χ4v) is 4.93. The molecule has 1 amide bonds. The van der Waals surface area contributed by atoms with Crippen molar-refractivity contribution in [2.75, 3.05) is 16.2 Å². The molecule has 0 aliphatic rings. The van der Waals surface area contributed by atoms with Crippen LogP contribution in [0.2, 0.25) is 10.0 Å². The minimum atomic E-state index is -4.05. The third kappa shape index (κ3) is 4.78. The van der Waals surface area contributed by atoms with E-state index in [2.05, 4.69) is 5.32 Å². The molecule has 3 aromatic carbocycles. The fourth-order valence-electron chi connectivity index (χ4n) is 2.91. The van der Waals surface area contributed by atoms with Gasteiger partial charge in [-0.05, 0) is 61.4 Å². The summed E-state index contributed by atoms with van der Waals surface area (Å²) in [5.41, 5.74) is 2.72. The van der Waals surface area contributed by atoms with Crippen LogP contribution < -0.4 is 9.62 Å². The van der Waals surface area contributed by atoms with Crippen molar-refractivity contribution in [3.63, 3.8) is 0 Å². The molecule has 0 unspecified atom stereocenters. The van der Waals surface area contributed by atoms with Gasteiger partial charge in [0.05, 0.1) is 15.6 Å². The van der Waals surface area contributed by atoms with E-state index in [1.807, 2.05) is 26.0 Å². The average molecular weight is 463 g/mol. The first-order valence-corrected chi connectivity index (χ1v) is 11.3. The zero-order valence-corrected chi connectivity index (χ0v) is 18.7. The summed E-state index contributed by atoms with van der Waals surface area (Å²) < 4.78 is 27.7. The van der Waals surface area contributed by atoms with Crippen LogP contribution >= 0.6 is 23.2 Å². The first-order valence-electron chi connectivity index (χ1n) is 9.09. The van der Waals surface area contributed by atoms with Crippen LogP contribution in [-0.2, 0) is 14.8 Å². The fraction of sp³-hybridized carbons (Fsp3) is 0.136. The lowest BCUT2D eigenvalue weighted by atomic mass is 10.1. The van der Waals surface area contributed by atoms with Crippen LogP contribution in [0.1, 0.15) is 11.1 Å². The van der Waals surface area contributed by atoms with Crippen molar-refractivity contribution in [3.8, 4) is 0 Å². The van der Waals surface area contributed by atoms with Crippen LogP contribution in [0.3, 0.4) is 0 Å². The van der Waals surface area contributed by atoms with Gasteiger partial charge in [0.2, 0.25) is 5.91 Å². The molecular weight excluding hydrogens is 443 g/mol. The molecule has 3 aromatic rings. The number of halogens is 2. The van der Waals surface area contributed by atoms with Gasteiger partial charge in [0.1, 0.15) is 6.54 Å². The Balaban J connectivity index is 1.99. The zero-order chi connectivity index (χ0) is 21.9. The highest BCUT2D eigenvalue weighted by molar-refractivity contribution is 7.92. The first kappa shape index (κ1) is 22.2. The largest absolute Gasteiger partial charge is 0.324 e. The van der Waals surface area contributed by atoms with Crippen molar-refractivity contribution in [3.05, 3.63) is 87.9 Å². The summed E-state index contributed by atoms with van der Waals surface area (Å²) >= 11 is 12.3. The van der Waals surface area contributed by atoms with Gasteiger partial charge in [0.15, 0.2) is 0 Å². The maximum atomic E-state index is 13.3. The molecule has 0 saturated carbocycles. The summed E-state index contributed by atoms with van der Waals surface area (Å²) in [6.07, 6.45) is 0. The topological polar surface area (TPSA) is 66.5 Å². The van der Waals surface area contributed by atoms with Gasteiger partial charge in [-0.3, -0.25) is 9.10 Å². The molecule has 3 rings (SSSR count). The number of hydrogen-bond donors (Lipinski definition) is 1. The second kappa shape index (κ2) is 9.08. The van der Waals surface area contributed by atoms with E-state index in [1.165, 1.54) is 30.3 Å². The van der Waals surface area contributed by atoms with Crippen molar-refractivity contribution >= 4 is 50.5 Å². The number of rotatable bonds is 6. The standard InChI is InChI=1S/C22H20Cl2N2O3S/c1-15-7-6-10-20(16(15)2)25-22(27)14-26(21-12-11-17(23)13-19(21)24)30(28,29)18-8-4-3-5-9-18/h3-13H,14H2,1-2H3,(H,25,27). The van der Waals surface area contributed by atoms with Crippen LogP contribution in [0.25, 0.3) is 0 Å². The van der Waals surface area contributed by atoms with Gasteiger partial charge in [0.25, 0.3) is 10.0 Å². The summed E-state index contributed by atoms with van der Waals surface area (Å²) in [6, 6.07) is 17.9. The van der Waals surface area contributed by atoms with E-state index in [9.17, 15) is 13.2 Å². The van der Waals surface area contributed by atoms with Gasteiger partial charge in [0, 0.05) is 10.7 Å². The van der Waals surface area contributed by atoms with Crippen molar-refractivity contribution in [1.29, 1.82) is 0 Å². The second-order valence-electron chi connectivity index (χ2n) is 6.72. The number of carbonyl (C=O) groups excluding carboxylic acids is 1. The van der Waals surface area contributed by atoms with E-state index < -0.39 is 22.5 Å². The quantitative estimate of drug-likeness (QED) is 0.529. The van der Waals surface area contributed by atoms with Crippen LogP contribution in [0, 0.1) is 13.8 Å². The lowest BCUT2D eigenvalue weighted by molar-refractivity contribution is -0.114. The Hall–Kier alpha value is -2.54. The Labute approximate surface area is 186 Å².